The van der Waals surface area contributed by atoms with Gasteiger partial charge in [0.25, 0.3) is 11.8 Å². The first-order chi connectivity index (χ1) is 17.1. The predicted molar refractivity (Wildman–Crippen MR) is 131 cm³/mol. The molecule has 9 nitrogen and oxygen atoms in total. The number of amides is 2. The van der Waals surface area contributed by atoms with Gasteiger partial charge in [0.1, 0.15) is 34.2 Å². The van der Waals surface area contributed by atoms with Gasteiger partial charge < -0.3 is 20.7 Å². The fraction of sp³-hybridized carbons (Fsp3) is 0.160. The van der Waals surface area contributed by atoms with Gasteiger partial charge in [-0.25, -0.2) is 4.98 Å². The molecular weight excluding hydrogens is 464 g/mol. The smallest absolute Gasteiger partial charge is 0.260 e. The molecule has 0 radical (unpaired) electrons. The number of nitrogens with zero attached hydrogens (tertiary/aromatic N) is 3. The topological polar surface area (TPSA) is 118 Å². The summed E-state index contributed by atoms with van der Waals surface area (Å²) in [6.45, 7) is 0. The highest BCUT2D eigenvalue weighted by molar-refractivity contribution is 7.12. The summed E-state index contributed by atoms with van der Waals surface area (Å²) in [4.78, 5) is 31.9. The number of ether oxygens (including phenoxy) is 1. The van der Waals surface area contributed by atoms with E-state index in [4.69, 9.17) is 9.72 Å². The predicted octanol–water partition coefficient (Wildman–Crippen LogP) is 2.57. The summed E-state index contributed by atoms with van der Waals surface area (Å²) in [6, 6.07) is 10.3. The maximum absolute atomic E-state index is 13.2. The summed E-state index contributed by atoms with van der Waals surface area (Å²) in [6.07, 6.45) is 11.1. The molecule has 2 aromatic heterocycles. The molecule has 3 N–H and O–H groups in total. The number of benzene rings is 1. The van der Waals surface area contributed by atoms with Crippen LogP contribution in [0.4, 0.5) is 0 Å². The molecule has 0 bridgehead atoms. The van der Waals surface area contributed by atoms with Crippen LogP contribution in [0, 0.1) is 0 Å². The van der Waals surface area contributed by atoms with Gasteiger partial charge in [-0.05, 0) is 35.9 Å². The minimum absolute atomic E-state index is 0.0374. The zero-order valence-corrected chi connectivity index (χ0v) is 19.6. The first-order valence-electron chi connectivity index (χ1n) is 10.9. The highest BCUT2D eigenvalue weighted by atomic mass is 32.1. The Morgan fingerprint density at radius 1 is 1.23 bits per heavy atom. The molecule has 3 heterocycles. The monoisotopic (exact) mass is 486 g/mol. The van der Waals surface area contributed by atoms with Crippen LogP contribution in [0.25, 0.3) is 6.08 Å². The number of carbonyl (C=O) groups excluding carboxylic acids is 2. The number of hydrogen-bond donors (Lipinski definition) is 3. The molecule has 2 aliphatic rings. The zero-order chi connectivity index (χ0) is 24.2. The van der Waals surface area contributed by atoms with Gasteiger partial charge in [0.05, 0.1) is 12.8 Å². The van der Waals surface area contributed by atoms with Gasteiger partial charge in [-0.2, -0.15) is 10.2 Å². The van der Waals surface area contributed by atoms with Crippen LogP contribution in [-0.4, -0.2) is 34.1 Å². The van der Waals surface area contributed by atoms with Gasteiger partial charge >= 0.3 is 0 Å². The Hall–Kier alpha value is -4.31. The van der Waals surface area contributed by atoms with Gasteiger partial charge in [0, 0.05) is 23.7 Å². The largest absolute Gasteiger partial charge is 0.497 e. The van der Waals surface area contributed by atoms with E-state index in [1.54, 1.807) is 25.4 Å². The summed E-state index contributed by atoms with van der Waals surface area (Å²) in [5.41, 5.74) is 2.21. The lowest BCUT2D eigenvalue weighted by molar-refractivity contribution is -0.124. The third-order valence-corrected chi connectivity index (χ3v) is 6.73. The van der Waals surface area contributed by atoms with Crippen LogP contribution in [0.3, 0.4) is 0 Å². The number of thiazole rings is 1. The molecular formula is C25H22N6O3S. The normalized spacial score (nSPS) is 17.3. The van der Waals surface area contributed by atoms with Crippen LogP contribution in [0.15, 0.2) is 72.6 Å². The number of hydrogen-bond acceptors (Lipinski definition) is 8. The van der Waals surface area contributed by atoms with Crippen molar-refractivity contribution >= 4 is 29.2 Å². The van der Waals surface area contributed by atoms with Crippen LogP contribution in [0.5, 0.6) is 5.75 Å². The van der Waals surface area contributed by atoms with Crippen molar-refractivity contribution < 1.29 is 14.3 Å². The summed E-state index contributed by atoms with van der Waals surface area (Å²) >= 11 is 1.54. The first-order valence-corrected chi connectivity index (χ1v) is 11.8. The van der Waals surface area contributed by atoms with Gasteiger partial charge in [0.2, 0.25) is 0 Å². The Bertz CT molecular complexity index is 1330. The quantitative estimate of drug-likeness (QED) is 0.458. The number of fused-ring (bicyclic) bond motifs is 1. The highest BCUT2D eigenvalue weighted by Crippen LogP contribution is 2.32. The number of rotatable bonds is 6. The molecule has 0 saturated heterocycles. The number of carbonyl (C=O) groups is 2. The first kappa shape index (κ1) is 22.5. The molecule has 5 rings (SSSR count). The third-order valence-electron chi connectivity index (χ3n) is 5.57. The van der Waals surface area contributed by atoms with Gasteiger partial charge in [-0.1, -0.05) is 30.4 Å². The second kappa shape index (κ2) is 9.90. The highest BCUT2D eigenvalue weighted by Gasteiger charge is 2.30. The van der Waals surface area contributed by atoms with Crippen molar-refractivity contribution in [3.05, 3.63) is 99.4 Å². The number of aromatic nitrogens is 3. The van der Waals surface area contributed by atoms with E-state index in [1.165, 1.54) is 17.5 Å². The lowest BCUT2D eigenvalue weighted by atomic mass is 10.1. The molecule has 35 heavy (non-hydrogen) atoms. The minimum atomic E-state index is -0.570. The van der Waals surface area contributed by atoms with Crippen LogP contribution >= 0.6 is 11.3 Å². The third kappa shape index (κ3) is 4.82. The van der Waals surface area contributed by atoms with E-state index in [9.17, 15) is 9.59 Å². The Labute approximate surface area is 205 Å². The molecule has 0 saturated carbocycles. The lowest BCUT2D eigenvalue weighted by Gasteiger charge is -2.25. The summed E-state index contributed by atoms with van der Waals surface area (Å²) < 4.78 is 5.27. The molecule has 1 aromatic carbocycles. The van der Waals surface area contributed by atoms with E-state index < -0.39 is 24.0 Å². The standard InChI is InChI=1S/C25H22N6O3S/c1-34-16-11-9-15(10-12-16)21(25-28-18-6-3-2-4-8-20(18)35-25)29-23(32)17-14-26-22(30-24(17)33)19-7-5-13-27-31-19/h2-7,9-14,21-22,26H,8H2,1H3,(H,29,32)(H,30,33). The van der Waals surface area contributed by atoms with Crippen LogP contribution in [0.1, 0.15) is 39.0 Å². The molecule has 0 spiro atoms. The lowest BCUT2D eigenvalue weighted by Crippen LogP contribution is -2.46. The van der Waals surface area contributed by atoms with Gasteiger partial charge in [-0.15, -0.1) is 11.3 Å². The number of nitrogens with one attached hydrogen (secondary N) is 3. The van der Waals surface area contributed by atoms with Crippen molar-refractivity contribution in [1.82, 2.24) is 31.1 Å². The van der Waals surface area contributed by atoms with E-state index in [2.05, 4.69) is 32.2 Å². The molecule has 2 amide bonds. The average molecular weight is 487 g/mol. The minimum Gasteiger partial charge on any atom is -0.497 e. The van der Waals surface area contributed by atoms with Gasteiger partial charge in [-0.3, -0.25) is 9.59 Å². The fourth-order valence-electron chi connectivity index (χ4n) is 3.75. The second-order valence-corrected chi connectivity index (χ2v) is 8.93. The SMILES string of the molecule is COc1ccc(C(NC(=O)C2=CNC(c3cccnn3)NC2=O)c2nc3c(s2)CC=CC=C3)cc1. The summed E-state index contributed by atoms with van der Waals surface area (Å²) in [7, 11) is 1.60. The molecule has 176 valence electrons. The van der Waals surface area contributed by atoms with Crippen molar-refractivity contribution in [3.63, 3.8) is 0 Å². The Morgan fingerprint density at radius 2 is 2.09 bits per heavy atom. The summed E-state index contributed by atoms with van der Waals surface area (Å²) in [5, 5.41) is 17.3. The maximum Gasteiger partial charge on any atom is 0.260 e. The van der Waals surface area contributed by atoms with Crippen molar-refractivity contribution in [3.8, 4) is 5.75 Å². The van der Waals surface area contributed by atoms with E-state index in [1.807, 2.05) is 42.5 Å². The number of methoxy groups -OCH3 is 1. The second-order valence-electron chi connectivity index (χ2n) is 7.81. The van der Waals surface area contributed by atoms with Crippen LogP contribution < -0.4 is 20.7 Å². The molecule has 3 aromatic rings. The van der Waals surface area contributed by atoms with Crippen LogP contribution in [0.2, 0.25) is 0 Å². The molecule has 1 aliphatic carbocycles. The Balaban J connectivity index is 1.42. The summed E-state index contributed by atoms with van der Waals surface area (Å²) in [5.74, 6) is -0.321. The van der Waals surface area contributed by atoms with E-state index in [0.29, 0.717) is 11.4 Å². The average Bonchev–Trinajstić information content (AvgIpc) is 3.17. The van der Waals surface area contributed by atoms with Crippen molar-refractivity contribution in [1.29, 1.82) is 0 Å². The molecule has 0 fully saturated rings. The number of allylic oxidation sites excluding steroid dienone is 3. The van der Waals surface area contributed by atoms with Crippen molar-refractivity contribution in [2.45, 2.75) is 18.6 Å². The Morgan fingerprint density at radius 3 is 2.83 bits per heavy atom. The fourth-order valence-corrected chi connectivity index (χ4v) is 4.86. The molecule has 1 aliphatic heterocycles. The molecule has 2 unspecified atom stereocenters. The van der Waals surface area contributed by atoms with E-state index in [-0.39, 0.29) is 5.57 Å². The van der Waals surface area contributed by atoms with E-state index >= 15 is 0 Å². The van der Waals surface area contributed by atoms with Gasteiger partial charge in [0.15, 0.2) is 0 Å². The molecule has 2 atom stereocenters. The van der Waals surface area contributed by atoms with Crippen molar-refractivity contribution in [2.24, 2.45) is 0 Å². The maximum atomic E-state index is 13.2. The van der Waals surface area contributed by atoms with Crippen molar-refractivity contribution in [2.75, 3.05) is 7.11 Å². The Kier molecular flexibility index (Phi) is 6.36. The van der Waals surface area contributed by atoms with E-state index in [0.717, 1.165) is 27.6 Å². The molecule has 10 heteroatoms. The van der Waals surface area contributed by atoms with Crippen LogP contribution in [-0.2, 0) is 16.0 Å². The zero-order valence-electron chi connectivity index (χ0n) is 18.8.